The summed E-state index contributed by atoms with van der Waals surface area (Å²) in [6, 6.07) is 7.07. The monoisotopic (exact) mass is 247 g/mol. The molecular weight excluding hydrogens is 230 g/mol. The lowest BCUT2D eigenvalue weighted by molar-refractivity contribution is -0.0958. The topological polar surface area (TPSA) is 49.8 Å². The van der Waals surface area contributed by atoms with Crippen molar-refractivity contribution in [3.8, 4) is 5.75 Å². The summed E-state index contributed by atoms with van der Waals surface area (Å²) in [6.45, 7) is 0.949. The highest BCUT2D eigenvalue weighted by molar-refractivity contribution is 5.95. The number of aliphatic hydroxyl groups is 1. The van der Waals surface area contributed by atoms with E-state index in [1.807, 2.05) is 0 Å². The van der Waals surface area contributed by atoms with Crippen LogP contribution in [-0.4, -0.2) is 41.7 Å². The second-order valence-electron chi connectivity index (χ2n) is 5.27. The van der Waals surface area contributed by atoms with Gasteiger partial charge in [-0.05, 0) is 43.0 Å². The normalized spacial score (nSPS) is 21.3. The molecule has 0 aromatic heterocycles. The van der Waals surface area contributed by atoms with E-state index in [9.17, 15) is 9.90 Å². The molecule has 1 aliphatic heterocycles. The molecular formula is C14H17NO3. The zero-order valence-corrected chi connectivity index (χ0v) is 10.4. The van der Waals surface area contributed by atoms with Crippen LogP contribution in [0.1, 0.15) is 23.2 Å². The predicted molar refractivity (Wildman–Crippen MR) is 66.6 cm³/mol. The summed E-state index contributed by atoms with van der Waals surface area (Å²) in [7, 11) is 1.60. The van der Waals surface area contributed by atoms with E-state index in [-0.39, 0.29) is 5.91 Å². The fourth-order valence-electron chi connectivity index (χ4n) is 2.55. The summed E-state index contributed by atoms with van der Waals surface area (Å²) in [4.78, 5) is 13.8. The molecule has 1 amide bonds. The van der Waals surface area contributed by atoms with Gasteiger partial charge in [-0.25, -0.2) is 0 Å². The first-order chi connectivity index (χ1) is 8.62. The summed E-state index contributed by atoms with van der Waals surface area (Å²) in [6.07, 6.45) is 2.20. The van der Waals surface area contributed by atoms with Crippen molar-refractivity contribution in [3.63, 3.8) is 0 Å². The van der Waals surface area contributed by atoms with Crippen molar-refractivity contribution < 1.29 is 14.6 Å². The molecule has 0 bridgehead atoms. The van der Waals surface area contributed by atoms with E-state index in [0.717, 1.165) is 18.6 Å². The molecule has 1 saturated carbocycles. The van der Waals surface area contributed by atoms with Gasteiger partial charge in [-0.3, -0.25) is 4.79 Å². The van der Waals surface area contributed by atoms with Crippen molar-refractivity contribution in [3.05, 3.63) is 29.8 Å². The fraction of sp³-hybridized carbons (Fsp3) is 0.500. The van der Waals surface area contributed by atoms with Crippen LogP contribution < -0.4 is 4.74 Å². The Morgan fingerprint density at radius 2 is 1.94 bits per heavy atom. The van der Waals surface area contributed by atoms with Crippen molar-refractivity contribution in [2.45, 2.75) is 18.4 Å². The summed E-state index contributed by atoms with van der Waals surface area (Å²) in [5.41, 5.74) is 0.0379. The Labute approximate surface area is 106 Å². The lowest BCUT2D eigenvalue weighted by atomic mass is 9.88. The van der Waals surface area contributed by atoms with Crippen LogP contribution in [0, 0.1) is 5.92 Å². The standard InChI is InChI=1S/C14H17NO3/c1-18-12-6-2-10(3-7-12)13(16)15-8-14(17,9-15)11-4-5-11/h2-3,6-7,11,17H,4-5,8-9H2,1H3. The number of hydrogen-bond donors (Lipinski definition) is 1. The second kappa shape index (κ2) is 3.99. The maximum Gasteiger partial charge on any atom is 0.254 e. The van der Waals surface area contributed by atoms with Crippen LogP contribution in [0.4, 0.5) is 0 Å². The first-order valence-corrected chi connectivity index (χ1v) is 6.28. The highest BCUT2D eigenvalue weighted by Gasteiger charge is 2.53. The van der Waals surface area contributed by atoms with Crippen LogP contribution in [0.5, 0.6) is 5.75 Å². The molecule has 1 aromatic rings. The molecule has 1 aliphatic carbocycles. The average Bonchev–Trinajstić information content (AvgIpc) is 3.19. The average molecular weight is 247 g/mol. The van der Waals surface area contributed by atoms with Crippen LogP contribution in [-0.2, 0) is 0 Å². The van der Waals surface area contributed by atoms with E-state index in [1.165, 1.54) is 0 Å². The van der Waals surface area contributed by atoms with E-state index in [0.29, 0.717) is 24.6 Å². The number of amides is 1. The second-order valence-corrected chi connectivity index (χ2v) is 5.27. The molecule has 2 fully saturated rings. The predicted octanol–water partition coefficient (Wildman–Crippen LogP) is 1.29. The fourth-order valence-corrected chi connectivity index (χ4v) is 2.55. The molecule has 18 heavy (non-hydrogen) atoms. The first kappa shape index (κ1) is 11.5. The van der Waals surface area contributed by atoms with Crippen LogP contribution in [0.2, 0.25) is 0 Å². The quantitative estimate of drug-likeness (QED) is 0.875. The lowest BCUT2D eigenvalue weighted by Gasteiger charge is -2.47. The Morgan fingerprint density at radius 1 is 1.33 bits per heavy atom. The molecule has 96 valence electrons. The van der Waals surface area contributed by atoms with E-state index in [4.69, 9.17) is 4.74 Å². The Balaban J connectivity index is 1.64. The van der Waals surface area contributed by atoms with E-state index in [1.54, 1.807) is 36.3 Å². The summed E-state index contributed by atoms with van der Waals surface area (Å²) in [5, 5.41) is 10.2. The van der Waals surface area contributed by atoms with Gasteiger partial charge in [-0.1, -0.05) is 0 Å². The maximum atomic E-state index is 12.1. The third-order valence-electron chi connectivity index (χ3n) is 3.89. The molecule has 0 spiro atoms. The molecule has 3 rings (SSSR count). The van der Waals surface area contributed by atoms with Gasteiger partial charge in [-0.15, -0.1) is 0 Å². The van der Waals surface area contributed by atoms with Crippen LogP contribution in [0.15, 0.2) is 24.3 Å². The van der Waals surface area contributed by atoms with Crippen molar-refractivity contribution in [2.75, 3.05) is 20.2 Å². The number of carbonyl (C=O) groups is 1. The number of nitrogens with zero attached hydrogens (tertiary/aromatic N) is 1. The number of hydrogen-bond acceptors (Lipinski definition) is 3. The molecule has 2 aliphatic rings. The number of methoxy groups -OCH3 is 1. The SMILES string of the molecule is COc1ccc(C(=O)N2CC(O)(C3CC3)C2)cc1. The third-order valence-corrected chi connectivity index (χ3v) is 3.89. The van der Waals surface area contributed by atoms with Crippen LogP contribution in [0.25, 0.3) is 0 Å². The number of rotatable bonds is 3. The molecule has 1 heterocycles. The molecule has 1 saturated heterocycles. The Kier molecular flexibility index (Phi) is 2.55. The van der Waals surface area contributed by atoms with E-state index < -0.39 is 5.60 Å². The molecule has 4 nitrogen and oxygen atoms in total. The first-order valence-electron chi connectivity index (χ1n) is 6.28. The third kappa shape index (κ3) is 1.86. The van der Waals surface area contributed by atoms with Gasteiger partial charge in [0.05, 0.1) is 20.2 Å². The van der Waals surface area contributed by atoms with E-state index >= 15 is 0 Å². The molecule has 0 unspecified atom stereocenters. The Morgan fingerprint density at radius 3 is 2.44 bits per heavy atom. The minimum atomic E-state index is -0.609. The molecule has 0 atom stereocenters. The van der Waals surface area contributed by atoms with Gasteiger partial charge in [0.15, 0.2) is 0 Å². The van der Waals surface area contributed by atoms with Crippen molar-refractivity contribution in [2.24, 2.45) is 5.92 Å². The van der Waals surface area contributed by atoms with Gasteiger partial charge < -0.3 is 14.7 Å². The van der Waals surface area contributed by atoms with Crippen molar-refractivity contribution >= 4 is 5.91 Å². The maximum absolute atomic E-state index is 12.1. The van der Waals surface area contributed by atoms with Gasteiger partial charge in [0.2, 0.25) is 0 Å². The number of β-amino-alcohol motifs (C(OH)–C–C–N with tert-alkyl or cyclic N) is 1. The molecule has 0 radical (unpaired) electrons. The van der Waals surface area contributed by atoms with Gasteiger partial charge in [0.25, 0.3) is 5.91 Å². The van der Waals surface area contributed by atoms with Gasteiger partial charge in [-0.2, -0.15) is 0 Å². The molecule has 1 aromatic carbocycles. The minimum Gasteiger partial charge on any atom is -0.497 e. The van der Waals surface area contributed by atoms with Crippen molar-refractivity contribution in [1.29, 1.82) is 0 Å². The van der Waals surface area contributed by atoms with Crippen molar-refractivity contribution in [1.82, 2.24) is 4.90 Å². The Hall–Kier alpha value is -1.55. The zero-order chi connectivity index (χ0) is 12.8. The molecule has 4 heteroatoms. The summed E-state index contributed by atoms with van der Waals surface area (Å²) < 4.78 is 5.06. The zero-order valence-electron chi connectivity index (χ0n) is 10.4. The number of carbonyl (C=O) groups excluding carboxylic acids is 1. The number of benzene rings is 1. The smallest absolute Gasteiger partial charge is 0.254 e. The Bertz CT molecular complexity index is 458. The highest BCUT2D eigenvalue weighted by Crippen LogP contribution is 2.44. The number of ether oxygens (including phenoxy) is 1. The van der Waals surface area contributed by atoms with Crippen LogP contribution in [0.3, 0.4) is 0 Å². The minimum absolute atomic E-state index is 0.0111. The number of likely N-dealkylation sites (tertiary alicyclic amines) is 1. The largest absolute Gasteiger partial charge is 0.497 e. The van der Waals surface area contributed by atoms with Gasteiger partial charge >= 0.3 is 0 Å². The molecule has 1 N–H and O–H groups in total. The van der Waals surface area contributed by atoms with Gasteiger partial charge in [0, 0.05) is 5.56 Å². The van der Waals surface area contributed by atoms with Gasteiger partial charge in [0.1, 0.15) is 11.4 Å². The summed E-state index contributed by atoms with van der Waals surface area (Å²) >= 11 is 0. The highest BCUT2D eigenvalue weighted by atomic mass is 16.5. The lowest BCUT2D eigenvalue weighted by Crippen LogP contribution is -2.64. The van der Waals surface area contributed by atoms with E-state index in [2.05, 4.69) is 0 Å². The van der Waals surface area contributed by atoms with Crippen LogP contribution >= 0.6 is 0 Å². The summed E-state index contributed by atoms with van der Waals surface area (Å²) in [5.74, 6) is 1.14.